The molecule has 3 atom stereocenters. The van der Waals surface area contributed by atoms with Gasteiger partial charge in [-0.15, -0.1) is 5.92 Å². The standard InChI is InChI=1S/C20H30N2O5/c1-5-8-14-11-15(13-9-6-7-10-13)20(17(24)25,16(23)12-21)22(14)18(26)27-19(2,3)4/h13-15H,6-7,9-12,21H2,1-4H3,(H,24,25)/t14-,15?,20+/m0/s1. The number of ether oxygens (including phenoxy) is 1. The fraction of sp³-hybridized carbons (Fsp3) is 0.750. The van der Waals surface area contributed by atoms with Crippen molar-refractivity contribution in [2.75, 3.05) is 6.54 Å². The van der Waals surface area contributed by atoms with Gasteiger partial charge in [0, 0.05) is 5.92 Å². The lowest BCUT2D eigenvalue weighted by molar-refractivity contribution is -0.159. The van der Waals surface area contributed by atoms with Gasteiger partial charge in [0.15, 0.2) is 5.78 Å². The first-order chi connectivity index (χ1) is 12.6. The van der Waals surface area contributed by atoms with Gasteiger partial charge in [0.2, 0.25) is 5.54 Å². The highest BCUT2D eigenvalue weighted by Crippen LogP contribution is 2.49. The second kappa shape index (κ2) is 7.89. The van der Waals surface area contributed by atoms with Gasteiger partial charge in [0.25, 0.3) is 0 Å². The van der Waals surface area contributed by atoms with E-state index in [0.29, 0.717) is 6.42 Å². The van der Waals surface area contributed by atoms with E-state index in [4.69, 9.17) is 10.5 Å². The molecule has 0 aromatic rings. The number of carboxylic acid groups (broad SMARTS) is 1. The van der Waals surface area contributed by atoms with Gasteiger partial charge < -0.3 is 15.6 Å². The summed E-state index contributed by atoms with van der Waals surface area (Å²) in [5.41, 5.74) is 2.76. The number of ketones is 1. The van der Waals surface area contributed by atoms with Crippen LogP contribution in [0.4, 0.5) is 4.79 Å². The number of carbonyl (C=O) groups excluding carboxylic acids is 2. The SMILES string of the molecule is CC#C[C@H]1CC(C2CCCC2)[C@](C(=O)O)(C(=O)CN)N1C(=O)OC(C)(C)C. The Bertz CT molecular complexity index is 666. The van der Waals surface area contributed by atoms with Crippen LogP contribution >= 0.6 is 0 Å². The van der Waals surface area contributed by atoms with Gasteiger partial charge in [0.05, 0.1) is 12.6 Å². The molecule has 1 aliphatic heterocycles. The first kappa shape index (κ1) is 21.2. The number of hydrogen-bond acceptors (Lipinski definition) is 5. The summed E-state index contributed by atoms with van der Waals surface area (Å²) in [6.07, 6.45) is 3.16. The summed E-state index contributed by atoms with van der Waals surface area (Å²) in [5, 5.41) is 10.2. The highest BCUT2D eigenvalue weighted by Gasteiger charge is 2.66. The second-order valence-corrected chi connectivity index (χ2v) is 8.35. The van der Waals surface area contributed by atoms with Crippen LogP contribution in [0, 0.1) is 23.7 Å². The molecule has 1 amide bonds. The van der Waals surface area contributed by atoms with Crippen LogP contribution in [0.1, 0.15) is 59.8 Å². The monoisotopic (exact) mass is 378 g/mol. The zero-order chi connectivity index (χ0) is 20.4. The van der Waals surface area contributed by atoms with Crippen LogP contribution in [0.2, 0.25) is 0 Å². The zero-order valence-corrected chi connectivity index (χ0v) is 16.6. The third-order valence-electron chi connectivity index (χ3n) is 5.51. The van der Waals surface area contributed by atoms with Gasteiger partial charge in [-0.3, -0.25) is 9.69 Å². The topological polar surface area (TPSA) is 110 Å². The number of hydrogen-bond donors (Lipinski definition) is 2. The van der Waals surface area contributed by atoms with Crippen molar-refractivity contribution in [2.45, 2.75) is 77.0 Å². The molecule has 2 aliphatic rings. The molecule has 1 saturated heterocycles. The van der Waals surface area contributed by atoms with Gasteiger partial charge in [0.1, 0.15) is 5.60 Å². The number of Topliss-reactive ketones (excluding diaryl/α,β-unsaturated/α-hetero) is 1. The van der Waals surface area contributed by atoms with E-state index in [0.717, 1.165) is 30.6 Å². The predicted molar refractivity (Wildman–Crippen MR) is 99.8 cm³/mol. The first-order valence-corrected chi connectivity index (χ1v) is 9.51. The summed E-state index contributed by atoms with van der Waals surface area (Å²) in [7, 11) is 0. The van der Waals surface area contributed by atoms with Crippen molar-refractivity contribution in [3.05, 3.63) is 0 Å². The van der Waals surface area contributed by atoms with E-state index in [1.807, 2.05) is 0 Å². The molecule has 1 heterocycles. The van der Waals surface area contributed by atoms with Gasteiger partial charge >= 0.3 is 12.1 Å². The molecule has 0 aromatic heterocycles. The van der Waals surface area contributed by atoms with E-state index < -0.39 is 47.5 Å². The lowest BCUT2D eigenvalue weighted by Gasteiger charge is -2.40. The smallest absolute Gasteiger partial charge is 0.412 e. The Morgan fingerprint density at radius 3 is 2.30 bits per heavy atom. The molecular weight excluding hydrogens is 348 g/mol. The van der Waals surface area contributed by atoms with E-state index in [2.05, 4.69) is 11.8 Å². The molecule has 3 N–H and O–H groups in total. The number of carbonyl (C=O) groups is 3. The van der Waals surface area contributed by atoms with Gasteiger partial charge in [-0.1, -0.05) is 31.6 Å². The van der Waals surface area contributed by atoms with Crippen LogP contribution in [0.3, 0.4) is 0 Å². The summed E-state index contributed by atoms with van der Waals surface area (Å²) < 4.78 is 5.47. The van der Waals surface area contributed by atoms with Crippen molar-refractivity contribution >= 4 is 17.8 Å². The third-order valence-corrected chi connectivity index (χ3v) is 5.51. The zero-order valence-electron chi connectivity index (χ0n) is 16.6. The summed E-state index contributed by atoms with van der Waals surface area (Å²) in [6, 6.07) is -0.693. The minimum atomic E-state index is -2.03. The van der Waals surface area contributed by atoms with Crippen LogP contribution in [0.5, 0.6) is 0 Å². The van der Waals surface area contributed by atoms with Crippen molar-refractivity contribution in [2.24, 2.45) is 17.6 Å². The number of aliphatic carboxylic acids is 1. The third kappa shape index (κ3) is 3.81. The molecule has 0 aromatic carbocycles. The van der Waals surface area contributed by atoms with Crippen LogP contribution in [-0.4, -0.2) is 51.6 Å². The maximum atomic E-state index is 13.0. The molecule has 1 aliphatic carbocycles. The molecule has 0 radical (unpaired) electrons. The van der Waals surface area contributed by atoms with E-state index in [9.17, 15) is 19.5 Å². The Morgan fingerprint density at radius 2 is 1.85 bits per heavy atom. The van der Waals surface area contributed by atoms with Crippen molar-refractivity contribution in [3.63, 3.8) is 0 Å². The molecule has 2 fully saturated rings. The minimum Gasteiger partial charge on any atom is -0.479 e. The summed E-state index contributed by atoms with van der Waals surface area (Å²) in [6.45, 7) is 6.26. The van der Waals surface area contributed by atoms with Crippen molar-refractivity contribution in [1.82, 2.24) is 4.90 Å². The normalized spacial score (nSPS) is 28.6. The maximum absolute atomic E-state index is 13.0. The fourth-order valence-corrected chi connectivity index (χ4v) is 4.58. The molecule has 7 heteroatoms. The van der Waals surface area contributed by atoms with Crippen LogP contribution < -0.4 is 5.73 Å². The van der Waals surface area contributed by atoms with E-state index in [-0.39, 0.29) is 5.92 Å². The Balaban J connectivity index is 2.63. The lowest BCUT2D eigenvalue weighted by atomic mass is 9.72. The Labute approximate surface area is 160 Å². The van der Waals surface area contributed by atoms with Crippen molar-refractivity contribution in [3.8, 4) is 11.8 Å². The molecule has 1 saturated carbocycles. The quantitative estimate of drug-likeness (QED) is 0.573. The molecule has 27 heavy (non-hydrogen) atoms. The summed E-state index contributed by atoms with van der Waals surface area (Å²) in [5.74, 6) is 3.20. The molecular formula is C20H30N2O5. The average Bonchev–Trinajstić information content (AvgIpc) is 3.18. The maximum Gasteiger partial charge on any atom is 0.412 e. The summed E-state index contributed by atoms with van der Waals surface area (Å²) >= 11 is 0. The first-order valence-electron chi connectivity index (χ1n) is 9.51. The second-order valence-electron chi connectivity index (χ2n) is 8.35. The number of carboxylic acids is 1. The van der Waals surface area contributed by atoms with Crippen molar-refractivity contribution in [1.29, 1.82) is 0 Å². The molecule has 0 bridgehead atoms. The number of likely N-dealkylation sites (tertiary alicyclic amines) is 1. The number of rotatable bonds is 4. The highest BCUT2D eigenvalue weighted by atomic mass is 16.6. The Hall–Kier alpha value is -2.07. The van der Waals surface area contributed by atoms with Crippen LogP contribution in [-0.2, 0) is 14.3 Å². The largest absolute Gasteiger partial charge is 0.479 e. The number of nitrogens with two attached hydrogens (primary N) is 1. The van der Waals surface area contributed by atoms with Gasteiger partial charge in [-0.2, -0.15) is 0 Å². The van der Waals surface area contributed by atoms with Crippen molar-refractivity contribution < 1.29 is 24.2 Å². The minimum absolute atomic E-state index is 0.0465. The number of nitrogens with zero attached hydrogens (tertiary/aromatic N) is 1. The predicted octanol–water partition coefficient (Wildman–Crippen LogP) is 2.18. The van der Waals surface area contributed by atoms with E-state index in [1.54, 1.807) is 27.7 Å². The molecule has 2 rings (SSSR count). The molecule has 150 valence electrons. The molecule has 7 nitrogen and oxygen atoms in total. The molecule has 1 unspecified atom stereocenters. The van der Waals surface area contributed by atoms with E-state index in [1.165, 1.54) is 0 Å². The summed E-state index contributed by atoms with van der Waals surface area (Å²) in [4.78, 5) is 39.6. The Morgan fingerprint density at radius 1 is 1.26 bits per heavy atom. The van der Waals surface area contributed by atoms with Gasteiger partial charge in [-0.05, 0) is 40.0 Å². The molecule has 0 spiro atoms. The lowest BCUT2D eigenvalue weighted by Crippen LogP contribution is -2.66. The number of amides is 1. The van der Waals surface area contributed by atoms with Gasteiger partial charge in [-0.25, -0.2) is 9.59 Å². The van der Waals surface area contributed by atoms with Crippen LogP contribution in [0.25, 0.3) is 0 Å². The van der Waals surface area contributed by atoms with Crippen LogP contribution in [0.15, 0.2) is 0 Å². The Kier molecular flexibility index (Phi) is 6.21. The highest BCUT2D eigenvalue weighted by molar-refractivity contribution is 6.11. The average molecular weight is 378 g/mol. The fourth-order valence-electron chi connectivity index (χ4n) is 4.58. The van der Waals surface area contributed by atoms with E-state index >= 15 is 0 Å².